The normalized spacial score (nSPS) is 13.8. The number of nitrogens with zero attached hydrogens (tertiary/aromatic N) is 4. The Morgan fingerprint density at radius 1 is 1.12 bits per heavy atom. The van der Waals surface area contributed by atoms with Crippen LogP contribution in [-0.4, -0.2) is 67.2 Å². The summed E-state index contributed by atoms with van der Waals surface area (Å²) in [5, 5.41) is 12.2. The van der Waals surface area contributed by atoms with E-state index in [0.717, 1.165) is 48.4 Å². The minimum atomic E-state index is -0.901. The summed E-state index contributed by atoms with van der Waals surface area (Å²) in [6.07, 6.45) is 5.32. The topological polar surface area (TPSA) is 115 Å². The summed E-state index contributed by atoms with van der Waals surface area (Å²) >= 11 is 1.03. The van der Waals surface area contributed by atoms with E-state index in [-0.39, 0.29) is 23.7 Å². The highest BCUT2D eigenvalue weighted by molar-refractivity contribution is 7.16. The number of amides is 2. The van der Waals surface area contributed by atoms with E-state index in [9.17, 15) is 19.6 Å². The van der Waals surface area contributed by atoms with Crippen LogP contribution in [0.25, 0.3) is 0 Å². The van der Waals surface area contributed by atoms with E-state index in [1.807, 2.05) is 42.5 Å². The van der Waals surface area contributed by atoms with Crippen LogP contribution in [0.4, 0.5) is 5.69 Å². The highest BCUT2D eigenvalue weighted by Gasteiger charge is 2.27. The first kappa shape index (κ1) is 29.5. The Balaban J connectivity index is 1.59. The SMILES string of the molecule is COC(=O)C(Cc1ccccc1)NC(=O)c1cc(/N=C/N2CCCCC2)c(C(=O)N(C)Cc2ccccc2C#N)s1. The maximum Gasteiger partial charge on any atom is 0.328 e. The number of thiophene rings is 1. The van der Waals surface area contributed by atoms with Crippen LogP contribution in [0, 0.1) is 11.3 Å². The fourth-order valence-corrected chi connectivity index (χ4v) is 5.60. The number of aliphatic imine (C=N–C) groups is 1. The molecule has 2 heterocycles. The van der Waals surface area contributed by atoms with E-state index in [1.165, 1.54) is 18.4 Å². The minimum absolute atomic E-state index is 0.221. The number of hydrogen-bond donors (Lipinski definition) is 1. The van der Waals surface area contributed by atoms with Crippen LogP contribution in [0.2, 0.25) is 0 Å². The molecule has 3 aromatic rings. The van der Waals surface area contributed by atoms with E-state index >= 15 is 0 Å². The van der Waals surface area contributed by atoms with Crippen LogP contribution in [0.15, 0.2) is 65.7 Å². The molecule has 1 fully saturated rings. The van der Waals surface area contributed by atoms with Gasteiger partial charge in [-0.25, -0.2) is 9.79 Å². The average Bonchev–Trinajstić information content (AvgIpc) is 3.44. The number of nitrogens with one attached hydrogen (secondary N) is 1. The van der Waals surface area contributed by atoms with Crippen LogP contribution >= 0.6 is 11.3 Å². The van der Waals surface area contributed by atoms with Crippen molar-refractivity contribution in [2.75, 3.05) is 27.2 Å². The van der Waals surface area contributed by atoms with Gasteiger partial charge in [0, 0.05) is 33.1 Å². The average molecular weight is 572 g/mol. The van der Waals surface area contributed by atoms with E-state index in [2.05, 4.69) is 21.3 Å². The molecule has 1 aromatic heterocycles. The van der Waals surface area contributed by atoms with Crippen LogP contribution in [-0.2, 0) is 22.5 Å². The van der Waals surface area contributed by atoms with Crippen molar-refractivity contribution in [3.63, 3.8) is 0 Å². The maximum absolute atomic E-state index is 13.6. The smallest absolute Gasteiger partial charge is 0.328 e. The molecule has 1 aliphatic rings. The number of hydrogen-bond acceptors (Lipinski definition) is 7. The third-order valence-electron chi connectivity index (χ3n) is 6.85. The number of rotatable bonds is 10. The van der Waals surface area contributed by atoms with Gasteiger partial charge in [-0.15, -0.1) is 11.3 Å². The van der Waals surface area contributed by atoms with Crippen molar-refractivity contribution in [1.29, 1.82) is 5.26 Å². The van der Waals surface area contributed by atoms with Crippen molar-refractivity contribution in [1.82, 2.24) is 15.1 Å². The largest absolute Gasteiger partial charge is 0.467 e. The number of piperidine rings is 1. The van der Waals surface area contributed by atoms with Crippen molar-refractivity contribution in [2.45, 2.75) is 38.3 Å². The second kappa shape index (κ2) is 14.2. The molecule has 41 heavy (non-hydrogen) atoms. The van der Waals surface area contributed by atoms with Gasteiger partial charge >= 0.3 is 5.97 Å². The van der Waals surface area contributed by atoms with Crippen LogP contribution < -0.4 is 5.32 Å². The Labute approximate surface area is 244 Å². The lowest BCUT2D eigenvalue weighted by Gasteiger charge is -2.23. The number of carbonyl (C=O) groups excluding carboxylic acids is 3. The third-order valence-corrected chi connectivity index (χ3v) is 7.96. The molecule has 2 amide bonds. The van der Waals surface area contributed by atoms with Crippen LogP contribution in [0.3, 0.4) is 0 Å². The monoisotopic (exact) mass is 571 g/mol. The number of carbonyl (C=O) groups is 3. The first-order chi connectivity index (χ1) is 19.9. The molecule has 0 saturated carbocycles. The standard InChI is InChI=1S/C31H33N5O4S/c1-35(20-24-14-8-7-13-23(24)19-32)30(38)28-25(33-21-36-15-9-4-10-16-36)18-27(41-28)29(37)34-26(31(39)40-2)17-22-11-5-3-6-12-22/h3,5-8,11-14,18,21,26H,4,9-10,15-17,20H2,1-2H3,(H,34,37)/b33-21+. The number of likely N-dealkylation sites (tertiary alicyclic amines) is 1. The van der Waals surface area contributed by atoms with Gasteiger partial charge in [-0.2, -0.15) is 5.26 Å². The van der Waals surface area contributed by atoms with Gasteiger partial charge in [-0.05, 0) is 42.5 Å². The lowest BCUT2D eigenvalue weighted by Crippen LogP contribution is -2.42. The molecule has 1 saturated heterocycles. The van der Waals surface area contributed by atoms with Crippen molar-refractivity contribution in [2.24, 2.45) is 4.99 Å². The van der Waals surface area contributed by atoms with Gasteiger partial charge in [0.1, 0.15) is 10.9 Å². The Hall–Kier alpha value is -4.49. The molecule has 1 atom stereocenters. The van der Waals surface area contributed by atoms with Crippen molar-refractivity contribution >= 4 is 41.1 Å². The zero-order valence-corrected chi connectivity index (χ0v) is 24.0. The number of esters is 1. The summed E-state index contributed by atoms with van der Waals surface area (Å²) in [4.78, 5) is 48.3. The molecule has 10 heteroatoms. The second-order valence-corrected chi connectivity index (χ2v) is 10.9. The molecule has 0 radical (unpaired) electrons. The predicted octanol–water partition coefficient (Wildman–Crippen LogP) is 4.55. The summed E-state index contributed by atoms with van der Waals surface area (Å²) in [7, 11) is 2.93. The number of nitriles is 1. The first-order valence-electron chi connectivity index (χ1n) is 13.5. The predicted molar refractivity (Wildman–Crippen MR) is 158 cm³/mol. The highest BCUT2D eigenvalue weighted by Crippen LogP contribution is 2.32. The van der Waals surface area contributed by atoms with Gasteiger partial charge in [-0.3, -0.25) is 9.59 Å². The summed E-state index contributed by atoms with van der Waals surface area (Å²) < 4.78 is 4.94. The molecule has 1 aliphatic heterocycles. The summed E-state index contributed by atoms with van der Waals surface area (Å²) in [6, 6.07) is 19.3. The molecular weight excluding hydrogens is 538 g/mol. The third kappa shape index (κ3) is 7.80. The van der Waals surface area contributed by atoms with Gasteiger partial charge in [0.25, 0.3) is 11.8 Å². The van der Waals surface area contributed by atoms with Crippen LogP contribution in [0.1, 0.15) is 55.3 Å². The van der Waals surface area contributed by atoms with Gasteiger partial charge in [0.2, 0.25) is 0 Å². The van der Waals surface area contributed by atoms with E-state index in [1.54, 1.807) is 31.6 Å². The lowest BCUT2D eigenvalue weighted by molar-refractivity contribution is -0.142. The molecule has 1 unspecified atom stereocenters. The van der Waals surface area contributed by atoms with Gasteiger partial charge < -0.3 is 19.9 Å². The summed E-state index contributed by atoms with van der Waals surface area (Å²) in [5.74, 6) is -1.37. The van der Waals surface area contributed by atoms with Gasteiger partial charge in [-0.1, -0.05) is 48.5 Å². The zero-order valence-electron chi connectivity index (χ0n) is 23.2. The van der Waals surface area contributed by atoms with Crippen molar-refractivity contribution in [3.05, 3.63) is 87.1 Å². The number of methoxy groups -OCH3 is 1. The lowest BCUT2D eigenvalue weighted by atomic mass is 10.1. The Bertz CT molecular complexity index is 1440. The molecule has 2 aromatic carbocycles. The molecule has 212 valence electrons. The molecular formula is C31H33N5O4S. The fraction of sp³-hybridized carbons (Fsp3) is 0.323. The van der Waals surface area contributed by atoms with Gasteiger partial charge in [0.05, 0.1) is 35.6 Å². The molecule has 0 bridgehead atoms. The van der Waals surface area contributed by atoms with E-state index in [0.29, 0.717) is 16.1 Å². The summed E-state index contributed by atoms with van der Waals surface area (Å²) in [5.41, 5.74) is 2.47. The molecule has 1 N–H and O–H groups in total. The Morgan fingerprint density at radius 2 is 1.83 bits per heavy atom. The quantitative estimate of drug-likeness (QED) is 0.217. The second-order valence-electron chi connectivity index (χ2n) is 9.84. The van der Waals surface area contributed by atoms with Crippen LogP contribution in [0.5, 0.6) is 0 Å². The van der Waals surface area contributed by atoms with E-state index < -0.39 is 17.9 Å². The maximum atomic E-state index is 13.6. The Kier molecular flexibility index (Phi) is 10.2. The molecule has 0 aliphatic carbocycles. The molecule has 4 rings (SSSR count). The minimum Gasteiger partial charge on any atom is -0.467 e. The van der Waals surface area contributed by atoms with Crippen molar-refractivity contribution in [3.8, 4) is 6.07 Å². The number of benzene rings is 2. The van der Waals surface area contributed by atoms with Gasteiger partial charge in [0.15, 0.2) is 0 Å². The number of ether oxygens (including phenoxy) is 1. The molecule has 0 spiro atoms. The highest BCUT2D eigenvalue weighted by atomic mass is 32.1. The first-order valence-corrected chi connectivity index (χ1v) is 14.3. The molecule has 9 nitrogen and oxygen atoms in total. The summed E-state index contributed by atoms with van der Waals surface area (Å²) in [6.45, 7) is 1.99. The van der Waals surface area contributed by atoms with E-state index in [4.69, 9.17) is 4.74 Å². The fourth-order valence-electron chi connectivity index (χ4n) is 4.60. The zero-order chi connectivity index (χ0) is 29.2. The van der Waals surface area contributed by atoms with Crippen molar-refractivity contribution < 1.29 is 19.1 Å². The Morgan fingerprint density at radius 3 is 2.54 bits per heavy atom.